The molecule has 130 valence electrons. The molecule has 25 heavy (non-hydrogen) atoms. The van der Waals surface area contributed by atoms with E-state index in [2.05, 4.69) is 11.9 Å². The number of benzene rings is 1. The van der Waals surface area contributed by atoms with E-state index in [0.717, 1.165) is 17.5 Å². The molecule has 0 unspecified atom stereocenters. The first-order valence-corrected chi connectivity index (χ1v) is 8.50. The van der Waals surface area contributed by atoms with Gasteiger partial charge in [0.2, 0.25) is 5.91 Å². The SMILES string of the molecule is C[C@@H]1C[C@H]1C(=O)N1Cc2cc(C(=O)N(C)C)ccc2[C@@H]1c1cnco1. The molecule has 2 amide bonds. The summed E-state index contributed by atoms with van der Waals surface area (Å²) >= 11 is 0. The van der Waals surface area contributed by atoms with Crippen LogP contribution in [0.15, 0.2) is 35.2 Å². The Morgan fingerprint density at radius 3 is 2.68 bits per heavy atom. The molecule has 1 saturated carbocycles. The van der Waals surface area contributed by atoms with Gasteiger partial charge in [-0.15, -0.1) is 0 Å². The Kier molecular flexibility index (Phi) is 3.63. The maximum absolute atomic E-state index is 12.9. The van der Waals surface area contributed by atoms with E-state index < -0.39 is 0 Å². The number of carbonyl (C=O) groups excluding carboxylic acids is 2. The van der Waals surface area contributed by atoms with Crippen LogP contribution in [-0.2, 0) is 11.3 Å². The van der Waals surface area contributed by atoms with Crippen molar-refractivity contribution >= 4 is 11.8 Å². The zero-order valence-electron chi connectivity index (χ0n) is 14.6. The molecule has 0 spiro atoms. The third-order valence-corrected chi connectivity index (χ3v) is 5.17. The van der Waals surface area contributed by atoms with Crippen molar-refractivity contribution in [2.45, 2.75) is 25.9 Å². The lowest BCUT2D eigenvalue weighted by molar-refractivity contribution is -0.134. The number of oxazole rings is 1. The molecule has 1 aromatic carbocycles. The van der Waals surface area contributed by atoms with Crippen LogP contribution < -0.4 is 0 Å². The predicted octanol–water partition coefficient (Wildman–Crippen LogP) is 2.46. The average Bonchev–Trinajstić information content (AvgIpc) is 3.02. The first kappa shape index (κ1) is 15.9. The maximum Gasteiger partial charge on any atom is 0.253 e. The highest BCUT2D eigenvalue weighted by atomic mass is 16.3. The summed E-state index contributed by atoms with van der Waals surface area (Å²) in [6.45, 7) is 2.60. The Hall–Kier alpha value is -2.63. The third-order valence-electron chi connectivity index (χ3n) is 5.17. The molecule has 1 aliphatic carbocycles. The highest BCUT2D eigenvalue weighted by molar-refractivity contribution is 5.94. The molecule has 0 radical (unpaired) electrons. The van der Waals surface area contributed by atoms with Crippen molar-refractivity contribution in [3.8, 4) is 0 Å². The van der Waals surface area contributed by atoms with E-state index in [1.165, 1.54) is 6.39 Å². The van der Waals surface area contributed by atoms with Crippen molar-refractivity contribution in [2.75, 3.05) is 14.1 Å². The Morgan fingerprint density at radius 1 is 1.32 bits per heavy atom. The van der Waals surface area contributed by atoms with Gasteiger partial charge in [0.15, 0.2) is 12.2 Å². The normalized spacial score (nSPS) is 24.1. The first-order valence-electron chi connectivity index (χ1n) is 8.50. The summed E-state index contributed by atoms with van der Waals surface area (Å²) < 4.78 is 5.52. The lowest BCUT2D eigenvalue weighted by Gasteiger charge is -2.23. The topological polar surface area (TPSA) is 66.7 Å². The van der Waals surface area contributed by atoms with E-state index in [0.29, 0.717) is 23.8 Å². The zero-order valence-corrected chi connectivity index (χ0v) is 14.6. The summed E-state index contributed by atoms with van der Waals surface area (Å²) in [5.74, 6) is 1.32. The van der Waals surface area contributed by atoms with E-state index in [4.69, 9.17) is 4.42 Å². The van der Waals surface area contributed by atoms with Crippen LogP contribution in [0.1, 0.15) is 46.6 Å². The standard InChI is InChI=1S/C19H21N3O3/c1-11-6-15(11)19(24)22-9-13-7-12(18(23)21(2)3)4-5-14(13)17(22)16-8-20-10-25-16/h4-5,7-8,10-11,15,17H,6,9H2,1-3H3/t11-,15-,17-/m1/s1. The van der Waals surface area contributed by atoms with E-state index in [-0.39, 0.29) is 23.8 Å². The van der Waals surface area contributed by atoms with Crippen molar-refractivity contribution in [1.29, 1.82) is 0 Å². The fraction of sp³-hybridized carbons (Fsp3) is 0.421. The van der Waals surface area contributed by atoms with Crippen molar-refractivity contribution < 1.29 is 14.0 Å². The fourth-order valence-corrected chi connectivity index (χ4v) is 3.60. The first-order chi connectivity index (χ1) is 12.0. The van der Waals surface area contributed by atoms with Crippen molar-refractivity contribution in [3.05, 3.63) is 53.2 Å². The summed E-state index contributed by atoms with van der Waals surface area (Å²) in [5, 5.41) is 0. The van der Waals surface area contributed by atoms with E-state index in [9.17, 15) is 9.59 Å². The molecule has 0 bridgehead atoms. The number of rotatable bonds is 3. The summed E-state index contributed by atoms with van der Waals surface area (Å²) in [6, 6.07) is 5.38. The highest BCUT2D eigenvalue weighted by Crippen LogP contribution is 2.45. The highest BCUT2D eigenvalue weighted by Gasteiger charge is 2.46. The lowest BCUT2D eigenvalue weighted by atomic mass is 10.00. The Morgan fingerprint density at radius 2 is 2.08 bits per heavy atom. The van der Waals surface area contributed by atoms with Crippen molar-refractivity contribution in [1.82, 2.24) is 14.8 Å². The van der Waals surface area contributed by atoms with E-state index in [1.807, 2.05) is 23.1 Å². The number of fused-ring (bicyclic) bond motifs is 1. The van der Waals surface area contributed by atoms with Gasteiger partial charge in [-0.2, -0.15) is 0 Å². The monoisotopic (exact) mass is 339 g/mol. The summed E-state index contributed by atoms with van der Waals surface area (Å²) in [7, 11) is 3.47. The number of carbonyl (C=O) groups is 2. The molecule has 2 aliphatic rings. The van der Waals surface area contributed by atoms with Crippen LogP contribution in [0, 0.1) is 11.8 Å². The smallest absolute Gasteiger partial charge is 0.253 e. The number of hydrogen-bond donors (Lipinski definition) is 0. The number of nitrogens with zero attached hydrogens (tertiary/aromatic N) is 3. The van der Waals surface area contributed by atoms with Gasteiger partial charge in [0, 0.05) is 32.1 Å². The lowest BCUT2D eigenvalue weighted by Crippen LogP contribution is -2.31. The molecule has 4 rings (SSSR count). The van der Waals surface area contributed by atoms with Crippen LogP contribution in [0.2, 0.25) is 0 Å². The molecule has 1 aliphatic heterocycles. The second-order valence-corrected chi connectivity index (χ2v) is 7.21. The van der Waals surface area contributed by atoms with Gasteiger partial charge in [-0.1, -0.05) is 13.0 Å². The van der Waals surface area contributed by atoms with E-state index >= 15 is 0 Å². The molecule has 2 aromatic rings. The minimum atomic E-state index is -0.263. The second-order valence-electron chi connectivity index (χ2n) is 7.21. The second kappa shape index (κ2) is 5.72. The van der Waals surface area contributed by atoms with Gasteiger partial charge in [-0.05, 0) is 35.6 Å². The zero-order chi connectivity index (χ0) is 17.7. The predicted molar refractivity (Wildman–Crippen MR) is 90.6 cm³/mol. The van der Waals surface area contributed by atoms with Crippen LogP contribution in [-0.4, -0.2) is 40.7 Å². The van der Waals surface area contributed by atoms with Crippen molar-refractivity contribution in [3.63, 3.8) is 0 Å². The van der Waals surface area contributed by atoms with Crippen LogP contribution in [0.25, 0.3) is 0 Å². The molecule has 1 fully saturated rings. The van der Waals surface area contributed by atoms with Crippen LogP contribution in [0.3, 0.4) is 0 Å². The minimum absolute atomic E-state index is 0.0420. The van der Waals surface area contributed by atoms with Crippen LogP contribution >= 0.6 is 0 Å². The molecule has 1 aromatic heterocycles. The molecule has 2 heterocycles. The summed E-state index contributed by atoms with van der Waals surface area (Å²) in [6.07, 6.45) is 3.99. The average molecular weight is 339 g/mol. The fourth-order valence-electron chi connectivity index (χ4n) is 3.60. The molecule has 6 nitrogen and oxygen atoms in total. The summed E-state index contributed by atoms with van der Waals surface area (Å²) in [5.41, 5.74) is 2.64. The van der Waals surface area contributed by atoms with Gasteiger partial charge in [0.1, 0.15) is 6.04 Å². The molecule has 6 heteroatoms. The molecule has 0 saturated heterocycles. The quantitative estimate of drug-likeness (QED) is 0.861. The van der Waals surface area contributed by atoms with Gasteiger partial charge in [0.05, 0.1) is 6.20 Å². The largest absolute Gasteiger partial charge is 0.446 e. The van der Waals surface area contributed by atoms with Gasteiger partial charge < -0.3 is 14.2 Å². The van der Waals surface area contributed by atoms with Gasteiger partial charge in [-0.25, -0.2) is 4.98 Å². The Bertz CT molecular complexity index is 828. The number of hydrogen-bond acceptors (Lipinski definition) is 4. The van der Waals surface area contributed by atoms with Gasteiger partial charge >= 0.3 is 0 Å². The summed E-state index contributed by atoms with van der Waals surface area (Å²) in [4.78, 5) is 32.6. The third kappa shape index (κ3) is 2.62. The minimum Gasteiger partial charge on any atom is -0.446 e. The number of aromatic nitrogens is 1. The molecular formula is C19H21N3O3. The Labute approximate surface area is 146 Å². The molecule has 0 N–H and O–H groups in total. The maximum atomic E-state index is 12.9. The molecule has 3 atom stereocenters. The molecular weight excluding hydrogens is 318 g/mol. The van der Waals surface area contributed by atoms with Crippen LogP contribution in [0.5, 0.6) is 0 Å². The van der Waals surface area contributed by atoms with Crippen LogP contribution in [0.4, 0.5) is 0 Å². The van der Waals surface area contributed by atoms with Crippen molar-refractivity contribution in [2.24, 2.45) is 11.8 Å². The van der Waals surface area contributed by atoms with E-state index in [1.54, 1.807) is 25.2 Å². The van der Waals surface area contributed by atoms with Gasteiger partial charge in [-0.3, -0.25) is 9.59 Å². The van der Waals surface area contributed by atoms with Gasteiger partial charge in [0.25, 0.3) is 5.91 Å². The Balaban J connectivity index is 1.72. The number of amides is 2.